The predicted molar refractivity (Wildman–Crippen MR) is 109 cm³/mol. The second-order valence-corrected chi connectivity index (χ2v) is 8.89. The Kier molecular flexibility index (Phi) is 6.43. The lowest BCUT2D eigenvalue weighted by Gasteiger charge is -2.33. The predicted octanol–water partition coefficient (Wildman–Crippen LogP) is 2.75. The van der Waals surface area contributed by atoms with Crippen LogP contribution in [0.3, 0.4) is 0 Å². The number of piperidine rings is 1. The van der Waals surface area contributed by atoms with E-state index in [1.54, 1.807) is 0 Å². The van der Waals surface area contributed by atoms with Crippen LogP contribution in [-0.4, -0.2) is 62.1 Å². The summed E-state index contributed by atoms with van der Waals surface area (Å²) in [4.78, 5) is 17.3. The summed E-state index contributed by atoms with van der Waals surface area (Å²) in [5.41, 5.74) is 1.39. The molecule has 1 spiro atoms. The molecule has 2 fully saturated rings. The van der Waals surface area contributed by atoms with Crippen molar-refractivity contribution in [3.05, 3.63) is 29.8 Å². The molecule has 1 aromatic carbocycles. The number of hydrogen-bond acceptors (Lipinski definition) is 4. The van der Waals surface area contributed by atoms with E-state index in [-0.39, 0.29) is 11.9 Å². The number of amides is 1. The lowest BCUT2D eigenvalue weighted by Crippen LogP contribution is -2.42. The molecule has 1 amide bonds. The monoisotopic (exact) mass is 373 g/mol. The topological polar surface area (TPSA) is 44.8 Å². The molecule has 0 unspecified atom stereocenters. The number of likely N-dealkylation sites (tertiary alicyclic amines) is 1. The van der Waals surface area contributed by atoms with Gasteiger partial charge in [0.2, 0.25) is 5.91 Å². The Hall–Kier alpha value is -1.59. The highest BCUT2D eigenvalue weighted by atomic mass is 16.5. The summed E-state index contributed by atoms with van der Waals surface area (Å²) in [5.74, 6) is 1.60. The summed E-state index contributed by atoms with van der Waals surface area (Å²) in [6, 6.07) is 8.07. The van der Waals surface area contributed by atoms with Crippen LogP contribution >= 0.6 is 0 Å². The Labute approximate surface area is 164 Å². The SMILES string of the molecule is CC(C)COc1ccccc1CN(C)C(=O)[C@H]1CC2(CCNCC2)CN1C. The third kappa shape index (κ3) is 4.82. The van der Waals surface area contributed by atoms with E-state index in [0.717, 1.165) is 37.4 Å². The summed E-state index contributed by atoms with van der Waals surface area (Å²) < 4.78 is 5.96. The van der Waals surface area contributed by atoms with Crippen molar-refractivity contribution in [1.82, 2.24) is 15.1 Å². The van der Waals surface area contributed by atoms with Gasteiger partial charge in [0.25, 0.3) is 0 Å². The maximum atomic E-state index is 13.2. The number of likely N-dealkylation sites (N-methyl/N-ethyl adjacent to an activating group) is 2. The Bertz CT molecular complexity index is 640. The molecule has 0 aromatic heterocycles. The zero-order valence-corrected chi connectivity index (χ0v) is 17.3. The first-order valence-electron chi connectivity index (χ1n) is 10.3. The number of carbonyl (C=O) groups is 1. The maximum Gasteiger partial charge on any atom is 0.239 e. The summed E-state index contributed by atoms with van der Waals surface area (Å²) in [7, 11) is 4.02. The van der Waals surface area contributed by atoms with Crippen LogP contribution < -0.4 is 10.1 Å². The molecule has 1 aromatic rings. The number of nitrogens with one attached hydrogen (secondary N) is 1. The zero-order chi connectivity index (χ0) is 19.4. The van der Waals surface area contributed by atoms with Gasteiger partial charge in [0.05, 0.1) is 12.6 Å². The van der Waals surface area contributed by atoms with Crippen LogP contribution in [0, 0.1) is 11.3 Å². The molecule has 2 saturated heterocycles. The minimum absolute atomic E-state index is 0.00292. The Morgan fingerprint density at radius 3 is 2.74 bits per heavy atom. The molecular formula is C22H35N3O2. The molecule has 3 rings (SSSR count). The number of nitrogens with zero attached hydrogens (tertiary/aromatic N) is 2. The molecule has 0 radical (unpaired) electrons. The fourth-order valence-electron chi connectivity index (χ4n) is 4.48. The minimum atomic E-state index is -0.00292. The van der Waals surface area contributed by atoms with E-state index in [9.17, 15) is 4.79 Å². The van der Waals surface area contributed by atoms with E-state index < -0.39 is 0 Å². The molecule has 2 aliphatic heterocycles. The molecule has 1 atom stereocenters. The van der Waals surface area contributed by atoms with Gasteiger partial charge in [0.15, 0.2) is 0 Å². The van der Waals surface area contributed by atoms with Gasteiger partial charge >= 0.3 is 0 Å². The summed E-state index contributed by atoms with van der Waals surface area (Å²) in [5, 5.41) is 3.45. The van der Waals surface area contributed by atoms with Crippen LogP contribution in [0.2, 0.25) is 0 Å². The lowest BCUT2D eigenvalue weighted by molar-refractivity contribution is -0.134. The zero-order valence-electron chi connectivity index (χ0n) is 17.3. The quantitative estimate of drug-likeness (QED) is 0.833. The summed E-state index contributed by atoms with van der Waals surface area (Å²) in [6.07, 6.45) is 3.34. The van der Waals surface area contributed by atoms with Gasteiger partial charge in [0, 0.05) is 25.7 Å². The molecule has 0 bridgehead atoms. The average Bonchev–Trinajstić information content (AvgIpc) is 2.96. The Morgan fingerprint density at radius 1 is 1.33 bits per heavy atom. The molecule has 27 heavy (non-hydrogen) atoms. The maximum absolute atomic E-state index is 13.2. The van der Waals surface area contributed by atoms with Crippen LogP contribution in [-0.2, 0) is 11.3 Å². The van der Waals surface area contributed by atoms with Gasteiger partial charge in [0.1, 0.15) is 5.75 Å². The molecule has 2 heterocycles. The van der Waals surface area contributed by atoms with E-state index in [2.05, 4.69) is 37.2 Å². The van der Waals surface area contributed by atoms with Crippen molar-refractivity contribution in [2.75, 3.05) is 40.3 Å². The van der Waals surface area contributed by atoms with Gasteiger partial charge in [-0.1, -0.05) is 32.0 Å². The first-order valence-corrected chi connectivity index (χ1v) is 10.3. The molecule has 150 valence electrons. The van der Waals surface area contributed by atoms with Crippen LogP contribution in [0.25, 0.3) is 0 Å². The van der Waals surface area contributed by atoms with Crippen molar-refractivity contribution in [2.45, 2.75) is 45.7 Å². The molecular weight excluding hydrogens is 338 g/mol. The second kappa shape index (κ2) is 8.61. The van der Waals surface area contributed by atoms with Crippen LogP contribution in [0.1, 0.15) is 38.7 Å². The average molecular weight is 374 g/mol. The number of hydrogen-bond donors (Lipinski definition) is 1. The van der Waals surface area contributed by atoms with Gasteiger partial charge in [-0.15, -0.1) is 0 Å². The lowest BCUT2D eigenvalue weighted by atomic mass is 9.77. The first kappa shape index (κ1) is 20.2. The number of para-hydroxylation sites is 1. The minimum Gasteiger partial charge on any atom is -0.493 e. The van der Waals surface area contributed by atoms with Gasteiger partial charge < -0.3 is 15.0 Å². The number of carbonyl (C=O) groups excluding carboxylic acids is 1. The standard InChI is InChI=1S/C22H35N3O2/c1-17(2)15-27-20-8-6-5-7-18(20)14-24(3)21(26)19-13-22(16-25(19)4)9-11-23-12-10-22/h5-8,17,19,23H,9-16H2,1-4H3/t19-/m1/s1. The van der Waals surface area contributed by atoms with Gasteiger partial charge in [-0.25, -0.2) is 0 Å². The summed E-state index contributed by atoms with van der Waals surface area (Å²) in [6.45, 7) is 8.75. The summed E-state index contributed by atoms with van der Waals surface area (Å²) >= 11 is 0. The highest BCUT2D eigenvalue weighted by Gasteiger charge is 2.46. The van der Waals surface area contributed by atoms with Crippen molar-refractivity contribution in [1.29, 1.82) is 0 Å². The highest BCUT2D eigenvalue weighted by molar-refractivity contribution is 5.82. The van der Waals surface area contributed by atoms with Crippen LogP contribution in [0.4, 0.5) is 0 Å². The smallest absolute Gasteiger partial charge is 0.239 e. The van der Waals surface area contributed by atoms with Crippen molar-refractivity contribution in [2.24, 2.45) is 11.3 Å². The highest BCUT2D eigenvalue weighted by Crippen LogP contribution is 2.41. The fraction of sp³-hybridized carbons (Fsp3) is 0.682. The first-order chi connectivity index (χ1) is 12.9. The normalized spacial score (nSPS) is 22.3. The van der Waals surface area contributed by atoms with E-state index >= 15 is 0 Å². The molecule has 2 aliphatic rings. The molecule has 0 saturated carbocycles. The number of ether oxygens (including phenoxy) is 1. The van der Waals surface area contributed by atoms with Gasteiger partial charge in [-0.3, -0.25) is 9.69 Å². The molecule has 1 N–H and O–H groups in total. The third-order valence-electron chi connectivity index (χ3n) is 6.02. The Balaban J connectivity index is 1.64. The largest absolute Gasteiger partial charge is 0.493 e. The van der Waals surface area contributed by atoms with Gasteiger partial charge in [-0.2, -0.15) is 0 Å². The number of benzene rings is 1. The third-order valence-corrected chi connectivity index (χ3v) is 6.02. The van der Waals surface area contributed by atoms with Crippen LogP contribution in [0.5, 0.6) is 5.75 Å². The van der Waals surface area contributed by atoms with Gasteiger partial charge in [-0.05, 0) is 56.8 Å². The van der Waals surface area contributed by atoms with E-state index in [4.69, 9.17) is 4.74 Å². The fourth-order valence-corrected chi connectivity index (χ4v) is 4.48. The van der Waals surface area contributed by atoms with Crippen LogP contribution in [0.15, 0.2) is 24.3 Å². The molecule has 0 aliphatic carbocycles. The second-order valence-electron chi connectivity index (χ2n) is 8.89. The Morgan fingerprint density at radius 2 is 2.04 bits per heavy atom. The molecule has 5 heteroatoms. The van der Waals surface area contributed by atoms with E-state index in [0.29, 0.717) is 24.5 Å². The van der Waals surface area contributed by atoms with Crippen molar-refractivity contribution < 1.29 is 9.53 Å². The van der Waals surface area contributed by atoms with Crippen molar-refractivity contribution in [3.8, 4) is 5.75 Å². The van der Waals surface area contributed by atoms with E-state index in [1.165, 1.54) is 12.8 Å². The van der Waals surface area contributed by atoms with Crippen molar-refractivity contribution >= 4 is 5.91 Å². The number of rotatable bonds is 6. The van der Waals surface area contributed by atoms with E-state index in [1.807, 2.05) is 30.1 Å². The molecule has 5 nitrogen and oxygen atoms in total. The van der Waals surface area contributed by atoms with Crippen molar-refractivity contribution in [3.63, 3.8) is 0 Å².